The number of piperidine rings is 1. The monoisotopic (exact) mass is 412 g/mol. The van der Waals surface area contributed by atoms with E-state index in [9.17, 15) is 14.4 Å². The highest BCUT2D eigenvalue weighted by molar-refractivity contribution is 5.98. The maximum atomic E-state index is 13.1. The maximum absolute atomic E-state index is 13.1. The standard InChI is InChI=1S/C25H36N2O3/c1-17(2)24(29)23(19-9-5-4-6-10-19)26-25(30)21-12-7-11-20(15-21)22-13-8-14-27(16-22)18(3)28/h7,11-12,15,17,19,22-23H,4-6,8-10,13-14,16H2,1-3H3,(H,26,30). The summed E-state index contributed by atoms with van der Waals surface area (Å²) >= 11 is 0. The number of hydrogen-bond acceptors (Lipinski definition) is 3. The van der Waals surface area contributed by atoms with Crippen LogP contribution in [0.15, 0.2) is 24.3 Å². The van der Waals surface area contributed by atoms with Crippen molar-refractivity contribution in [1.82, 2.24) is 10.2 Å². The van der Waals surface area contributed by atoms with E-state index in [1.54, 1.807) is 6.92 Å². The van der Waals surface area contributed by atoms with Crippen LogP contribution in [0.5, 0.6) is 0 Å². The van der Waals surface area contributed by atoms with Gasteiger partial charge in [-0.3, -0.25) is 14.4 Å². The first kappa shape index (κ1) is 22.5. The maximum Gasteiger partial charge on any atom is 0.251 e. The smallest absolute Gasteiger partial charge is 0.251 e. The van der Waals surface area contributed by atoms with Gasteiger partial charge < -0.3 is 10.2 Å². The third kappa shape index (κ3) is 5.50. The number of likely N-dealkylation sites (tertiary alicyclic amines) is 1. The van der Waals surface area contributed by atoms with E-state index in [1.807, 2.05) is 43.0 Å². The van der Waals surface area contributed by atoms with Gasteiger partial charge in [0.2, 0.25) is 5.91 Å². The van der Waals surface area contributed by atoms with Gasteiger partial charge in [-0.25, -0.2) is 0 Å². The highest BCUT2D eigenvalue weighted by atomic mass is 16.2. The van der Waals surface area contributed by atoms with Crippen LogP contribution in [0, 0.1) is 11.8 Å². The number of carbonyl (C=O) groups is 3. The molecule has 0 bridgehead atoms. The summed E-state index contributed by atoms with van der Waals surface area (Å²) in [6.45, 7) is 6.95. The first-order valence-corrected chi connectivity index (χ1v) is 11.6. The Morgan fingerprint density at radius 1 is 1.03 bits per heavy atom. The molecule has 1 saturated carbocycles. The van der Waals surface area contributed by atoms with Crippen molar-refractivity contribution in [2.24, 2.45) is 11.8 Å². The van der Waals surface area contributed by atoms with E-state index in [1.165, 1.54) is 6.42 Å². The van der Waals surface area contributed by atoms with Crippen molar-refractivity contribution in [2.75, 3.05) is 13.1 Å². The van der Waals surface area contributed by atoms with Gasteiger partial charge in [-0.1, -0.05) is 45.2 Å². The number of ketones is 1. The number of hydrogen-bond donors (Lipinski definition) is 1. The van der Waals surface area contributed by atoms with Crippen LogP contribution in [0.25, 0.3) is 0 Å². The molecule has 1 aromatic rings. The molecule has 2 unspecified atom stereocenters. The van der Waals surface area contributed by atoms with E-state index in [4.69, 9.17) is 0 Å². The molecule has 0 aromatic heterocycles. The van der Waals surface area contributed by atoms with Gasteiger partial charge in [0, 0.05) is 37.4 Å². The molecule has 3 rings (SSSR count). The lowest BCUT2D eigenvalue weighted by molar-refractivity contribution is -0.130. The zero-order valence-electron chi connectivity index (χ0n) is 18.7. The Kier molecular flexibility index (Phi) is 7.68. The van der Waals surface area contributed by atoms with Crippen molar-refractivity contribution < 1.29 is 14.4 Å². The molecule has 1 heterocycles. The molecule has 5 nitrogen and oxygen atoms in total. The molecule has 2 atom stereocenters. The number of carbonyl (C=O) groups excluding carboxylic acids is 3. The van der Waals surface area contributed by atoms with Crippen LogP contribution in [0.4, 0.5) is 0 Å². The predicted molar refractivity (Wildman–Crippen MR) is 118 cm³/mol. The van der Waals surface area contributed by atoms with Crippen molar-refractivity contribution >= 4 is 17.6 Å². The summed E-state index contributed by atoms with van der Waals surface area (Å²) in [4.78, 5) is 39.6. The van der Waals surface area contributed by atoms with E-state index >= 15 is 0 Å². The average Bonchev–Trinajstić information content (AvgIpc) is 2.77. The molecule has 1 aromatic carbocycles. The van der Waals surface area contributed by atoms with Gasteiger partial charge in [0.1, 0.15) is 0 Å². The summed E-state index contributed by atoms with van der Waals surface area (Å²) in [6, 6.07) is 7.33. The van der Waals surface area contributed by atoms with Gasteiger partial charge in [0.15, 0.2) is 5.78 Å². The van der Waals surface area contributed by atoms with E-state index < -0.39 is 6.04 Å². The third-order valence-corrected chi connectivity index (χ3v) is 6.77. The summed E-state index contributed by atoms with van der Waals surface area (Å²) < 4.78 is 0. The molecule has 1 aliphatic heterocycles. The second-order valence-electron chi connectivity index (χ2n) is 9.34. The Balaban J connectivity index is 1.74. The molecule has 1 aliphatic carbocycles. The Labute approximate surface area is 180 Å². The Bertz CT molecular complexity index is 767. The number of benzene rings is 1. The van der Waals surface area contributed by atoms with E-state index in [0.29, 0.717) is 12.1 Å². The molecule has 1 saturated heterocycles. The van der Waals surface area contributed by atoms with E-state index in [-0.39, 0.29) is 35.4 Å². The summed E-state index contributed by atoms with van der Waals surface area (Å²) in [5, 5.41) is 3.09. The topological polar surface area (TPSA) is 66.5 Å². The van der Waals surface area contributed by atoms with Gasteiger partial charge >= 0.3 is 0 Å². The number of amides is 2. The molecule has 2 amide bonds. The van der Waals surface area contributed by atoms with Crippen LogP contribution in [-0.2, 0) is 9.59 Å². The molecular formula is C25H36N2O3. The summed E-state index contributed by atoms with van der Waals surface area (Å²) in [5.41, 5.74) is 1.70. The summed E-state index contributed by atoms with van der Waals surface area (Å²) in [6.07, 6.45) is 7.49. The van der Waals surface area contributed by atoms with E-state index in [2.05, 4.69) is 5.32 Å². The fourth-order valence-corrected chi connectivity index (χ4v) is 4.94. The molecule has 164 valence electrons. The quantitative estimate of drug-likeness (QED) is 0.757. The van der Waals surface area contributed by atoms with Gasteiger partial charge in [-0.2, -0.15) is 0 Å². The lowest BCUT2D eigenvalue weighted by atomic mass is 9.80. The van der Waals surface area contributed by atoms with Crippen LogP contribution >= 0.6 is 0 Å². The highest BCUT2D eigenvalue weighted by Crippen LogP contribution is 2.29. The molecule has 2 aliphatic rings. The molecule has 5 heteroatoms. The average molecular weight is 413 g/mol. The Morgan fingerprint density at radius 2 is 1.77 bits per heavy atom. The van der Waals surface area contributed by atoms with Crippen LogP contribution in [0.3, 0.4) is 0 Å². The fourth-order valence-electron chi connectivity index (χ4n) is 4.94. The zero-order valence-corrected chi connectivity index (χ0v) is 18.7. The normalized spacial score (nSPS) is 21.3. The molecule has 0 spiro atoms. The Hall–Kier alpha value is -2.17. The van der Waals surface area contributed by atoms with Crippen molar-refractivity contribution in [2.45, 2.75) is 77.7 Å². The third-order valence-electron chi connectivity index (χ3n) is 6.77. The number of Topliss-reactive ketones (excluding diaryl/α,β-unsaturated/α-hetero) is 1. The second kappa shape index (κ2) is 10.2. The fraction of sp³-hybridized carbons (Fsp3) is 0.640. The molecular weight excluding hydrogens is 376 g/mol. The molecule has 2 fully saturated rings. The van der Waals surface area contributed by atoms with Crippen molar-refractivity contribution in [3.05, 3.63) is 35.4 Å². The molecule has 0 radical (unpaired) electrons. The first-order valence-electron chi connectivity index (χ1n) is 11.6. The van der Waals surface area contributed by atoms with Gasteiger partial charge in [0.25, 0.3) is 5.91 Å². The molecule has 30 heavy (non-hydrogen) atoms. The highest BCUT2D eigenvalue weighted by Gasteiger charge is 2.32. The van der Waals surface area contributed by atoms with Crippen LogP contribution < -0.4 is 5.32 Å². The SMILES string of the molecule is CC(=O)N1CCCC(c2cccc(C(=O)NC(C(=O)C(C)C)C3CCCCC3)c2)C1. The summed E-state index contributed by atoms with van der Waals surface area (Å²) in [7, 11) is 0. The number of nitrogens with one attached hydrogen (secondary N) is 1. The first-order chi connectivity index (χ1) is 14.4. The predicted octanol–water partition coefficient (Wildman–Crippen LogP) is 4.32. The van der Waals surface area contributed by atoms with Gasteiger partial charge in [0.05, 0.1) is 6.04 Å². The van der Waals surface area contributed by atoms with Crippen molar-refractivity contribution in [1.29, 1.82) is 0 Å². The van der Waals surface area contributed by atoms with Crippen LogP contribution in [0.2, 0.25) is 0 Å². The van der Waals surface area contributed by atoms with Crippen molar-refractivity contribution in [3.8, 4) is 0 Å². The van der Waals surface area contributed by atoms with Gasteiger partial charge in [-0.05, 0) is 49.3 Å². The zero-order chi connectivity index (χ0) is 21.7. The summed E-state index contributed by atoms with van der Waals surface area (Å²) in [5.74, 6) is 0.473. The van der Waals surface area contributed by atoms with Crippen LogP contribution in [-0.4, -0.2) is 41.6 Å². The van der Waals surface area contributed by atoms with Gasteiger partial charge in [-0.15, -0.1) is 0 Å². The minimum atomic E-state index is -0.399. The molecule has 1 N–H and O–H groups in total. The minimum Gasteiger partial charge on any atom is -0.342 e. The second-order valence-corrected chi connectivity index (χ2v) is 9.34. The van der Waals surface area contributed by atoms with Crippen molar-refractivity contribution in [3.63, 3.8) is 0 Å². The lowest BCUT2D eigenvalue weighted by Gasteiger charge is -2.32. The number of rotatable bonds is 6. The lowest BCUT2D eigenvalue weighted by Crippen LogP contribution is -2.48. The Morgan fingerprint density at radius 3 is 2.43 bits per heavy atom. The minimum absolute atomic E-state index is 0.0941. The van der Waals surface area contributed by atoms with Crippen LogP contribution in [0.1, 0.15) is 87.6 Å². The largest absolute Gasteiger partial charge is 0.342 e. The van der Waals surface area contributed by atoms with E-state index in [0.717, 1.165) is 50.6 Å². The number of nitrogens with zero attached hydrogens (tertiary/aromatic N) is 1.